The van der Waals surface area contributed by atoms with Crippen LogP contribution in [-0.2, 0) is 6.54 Å². The Morgan fingerprint density at radius 3 is 2.52 bits per heavy atom. The Labute approximate surface area is 202 Å². The van der Waals surface area contributed by atoms with Crippen LogP contribution in [0, 0.1) is 5.41 Å². The molecule has 1 N–H and O–H groups in total. The third kappa shape index (κ3) is 5.37. The van der Waals surface area contributed by atoms with Crippen molar-refractivity contribution in [3.8, 4) is 11.5 Å². The number of ether oxygens (including phenoxy) is 1. The van der Waals surface area contributed by atoms with E-state index in [9.17, 15) is 4.79 Å². The zero-order valence-electron chi connectivity index (χ0n) is 18.4. The number of likely N-dealkylation sites (tertiary alicyclic amines) is 2. The predicted molar refractivity (Wildman–Crippen MR) is 132 cm³/mol. The molecule has 2 aliphatic heterocycles. The predicted octanol–water partition coefficient (Wildman–Crippen LogP) is 5.77. The smallest absolute Gasteiger partial charge is 0.321 e. The summed E-state index contributed by atoms with van der Waals surface area (Å²) in [5, 5.41) is 2.93. The Kier molecular flexibility index (Phi) is 6.33. The van der Waals surface area contributed by atoms with E-state index < -0.39 is 0 Å². The van der Waals surface area contributed by atoms with Gasteiger partial charge in [-0.15, -0.1) is 0 Å². The summed E-state index contributed by atoms with van der Waals surface area (Å²) in [6.45, 7) is 4.69. The molecule has 0 bridgehead atoms. The van der Waals surface area contributed by atoms with E-state index in [-0.39, 0.29) is 11.4 Å². The van der Waals surface area contributed by atoms with Gasteiger partial charge >= 0.3 is 6.03 Å². The van der Waals surface area contributed by atoms with Crippen LogP contribution in [0.2, 0.25) is 0 Å². The molecule has 0 saturated carbocycles. The molecule has 2 saturated heterocycles. The van der Waals surface area contributed by atoms with E-state index in [0.717, 1.165) is 67.2 Å². The fraction of sp³-hybridized carbons (Fsp3) is 0.308. The number of hydrogen-bond donors (Lipinski definition) is 1. The molecule has 7 heteroatoms. The Balaban J connectivity index is 1.10. The molecule has 0 unspecified atom stereocenters. The summed E-state index contributed by atoms with van der Waals surface area (Å²) in [7, 11) is 0. The number of aromatic nitrogens is 1. The first-order valence-corrected chi connectivity index (χ1v) is 12.1. The average molecular weight is 507 g/mol. The third-order valence-electron chi connectivity index (χ3n) is 6.51. The third-order valence-corrected chi connectivity index (χ3v) is 7.00. The van der Waals surface area contributed by atoms with Crippen LogP contribution in [0.1, 0.15) is 18.4 Å². The molecule has 2 amide bonds. The van der Waals surface area contributed by atoms with E-state index in [2.05, 4.69) is 49.3 Å². The van der Waals surface area contributed by atoms with Gasteiger partial charge in [-0.25, -0.2) is 4.79 Å². The van der Waals surface area contributed by atoms with E-state index in [1.807, 2.05) is 47.4 Å². The minimum absolute atomic E-state index is 0.0293. The second-order valence-electron chi connectivity index (χ2n) is 9.01. The fourth-order valence-electron chi connectivity index (χ4n) is 4.68. The van der Waals surface area contributed by atoms with Crippen molar-refractivity contribution in [3.05, 3.63) is 83.1 Å². The van der Waals surface area contributed by atoms with Gasteiger partial charge in [0.1, 0.15) is 11.5 Å². The van der Waals surface area contributed by atoms with E-state index in [4.69, 9.17) is 4.74 Å². The molecular weight excluding hydrogens is 480 g/mol. The van der Waals surface area contributed by atoms with Crippen LogP contribution in [0.5, 0.6) is 11.5 Å². The largest absolute Gasteiger partial charge is 0.457 e. The highest BCUT2D eigenvalue weighted by molar-refractivity contribution is 9.10. The van der Waals surface area contributed by atoms with E-state index in [0.29, 0.717) is 0 Å². The van der Waals surface area contributed by atoms with Gasteiger partial charge < -0.3 is 15.0 Å². The Morgan fingerprint density at radius 1 is 1.03 bits per heavy atom. The lowest BCUT2D eigenvalue weighted by molar-refractivity contribution is -0.0200. The summed E-state index contributed by atoms with van der Waals surface area (Å²) in [4.78, 5) is 20.9. The molecule has 3 aromatic rings. The molecule has 5 rings (SSSR count). The Morgan fingerprint density at radius 2 is 1.79 bits per heavy atom. The van der Waals surface area contributed by atoms with E-state index >= 15 is 0 Å². The standard InChI is InChI=1S/C26H27BrN4O2/c27-21-5-2-8-24(15-21)33-23-7-1-4-20(14-23)17-30-12-9-26(10-13-30)18-31(19-26)25(32)29-22-6-3-11-28-16-22/h1-8,11,14-16H,9-10,12-13,17-19H2,(H,29,32). The molecule has 0 aliphatic carbocycles. The second kappa shape index (κ2) is 9.53. The van der Waals surface area contributed by atoms with Crippen molar-refractivity contribution >= 4 is 27.6 Å². The molecule has 170 valence electrons. The summed E-state index contributed by atoms with van der Waals surface area (Å²) < 4.78 is 7.03. The number of rotatable bonds is 5. The summed E-state index contributed by atoms with van der Waals surface area (Å²) in [5.74, 6) is 1.68. The fourth-order valence-corrected chi connectivity index (χ4v) is 5.06. The van der Waals surface area contributed by atoms with Crippen molar-refractivity contribution in [2.24, 2.45) is 5.41 Å². The molecular formula is C26H27BrN4O2. The first-order chi connectivity index (χ1) is 16.1. The van der Waals surface area contributed by atoms with Crippen LogP contribution in [0.25, 0.3) is 0 Å². The number of hydrogen-bond acceptors (Lipinski definition) is 4. The van der Waals surface area contributed by atoms with E-state index in [1.54, 1.807) is 12.4 Å². The highest BCUT2D eigenvalue weighted by Crippen LogP contribution is 2.41. The summed E-state index contributed by atoms with van der Waals surface area (Å²) >= 11 is 3.49. The first kappa shape index (κ1) is 21.9. The summed E-state index contributed by atoms with van der Waals surface area (Å²) in [6.07, 6.45) is 5.62. The lowest BCUT2D eigenvalue weighted by Gasteiger charge is -2.53. The van der Waals surface area contributed by atoms with Crippen LogP contribution in [0.4, 0.5) is 10.5 Å². The van der Waals surface area contributed by atoms with Gasteiger partial charge in [-0.1, -0.05) is 34.1 Å². The summed E-state index contributed by atoms with van der Waals surface area (Å²) in [6, 6.07) is 19.9. The highest BCUT2D eigenvalue weighted by atomic mass is 79.9. The average Bonchev–Trinajstić information content (AvgIpc) is 2.79. The monoisotopic (exact) mass is 506 g/mol. The molecule has 33 heavy (non-hydrogen) atoms. The van der Waals surface area contributed by atoms with Gasteiger partial charge in [0.2, 0.25) is 0 Å². The van der Waals surface area contributed by atoms with Crippen molar-refractivity contribution in [2.45, 2.75) is 19.4 Å². The van der Waals surface area contributed by atoms with E-state index in [1.165, 1.54) is 5.56 Å². The zero-order valence-corrected chi connectivity index (χ0v) is 20.0. The molecule has 2 fully saturated rings. The maximum Gasteiger partial charge on any atom is 0.321 e. The lowest BCUT2D eigenvalue weighted by Crippen LogP contribution is -2.62. The van der Waals surface area contributed by atoms with Crippen molar-refractivity contribution in [3.63, 3.8) is 0 Å². The zero-order chi connectivity index (χ0) is 22.7. The first-order valence-electron chi connectivity index (χ1n) is 11.3. The van der Waals surface area contributed by atoms with Gasteiger partial charge in [0.05, 0.1) is 11.9 Å². The molecule has 2 aromatic carbocycles. The van der Waals surface area contributed by atoms with Crippen molar-refractivity contribution < 1.29 is 9.53 Å². The number of benzene rings is 2. The van der Waals surface area contributed by atoms with Gasteiger partial charge in [-0.2, -0.15) is 0 Å². The number of urea groups is 1. The molecule has 3 heterocycles. The number of anilines is 1. The van der Waals surface area contributed by atoms with Crippen LogP contribution < -0.4 is 10.1 Å². The normalized spacial score (nSPS) is 17.4. The molecule has 6 nitrogen and oxygen atoms in total. The maximum atomic E-state index is 12.5. The van der Waals surface area contributed by atoms with Crippen LogP contribution >= 0.6 is 15.9 Å². The molecule has 1 spiro atoms. The van der Waals surface area contributed by atoms with Crippen LogP contribution in [-0.4, -0.2) is 47.0 Å². The van der Waals surface area contributed by atoms with Crippen molar-refractivity contribution in [2.75, 3.05) is 31.5 Å². The number of carbonyl (C=O) groups is 1. The summed E-state index contributed by atoms with van der Waals surface area (Å²) in [5.41, 5.74) is 2.27. The number of carbonyl (C=O) groups excluding carboxylic acids is 1. The minimum Gasteiger partial charge on any atom is -0.457 e. The van der Waals surface area contributed by atoms with Gasteiger partial charge in [-0.05, 0) is 74.0 Å². The van der Waals surface area contributed by atoms with Gasteiger partial charge in [0, 0.05) is 35.7 Å². The minimum atomic E-state index is -0.0293. The second-order valence-corrected chi connectivity index (χ2v) is 9.93. The number of amides is 2. The van der Waals surface area contributed by atoms with Crippen molar-refractivity contribution in [1.82, 2.24) is 14.8 Å². The lowest BCUT2D eigenvalue weighted by atomic mass is 9.72. The molecule has 0 radical (unpaired) electrons. The number of piperidine rings is 1. The molecule has 1 aromatic heterocycles. The number of nitrogens with zero attached hydrogens (tertiary/aromatic N) is 3. The number of pyridine rings is 1. The van der Waals surface area contributed by atoms with Gasteiger partial charge in [-0.3, -0.25) is 9.88 Å². The number of halogens is 1. The molecule has 0 atom stereocenters. The van der Waals surface area contributed by atoms with Gasteiger partial charge in [0.15, 0.2) is 0 Å². The van der Waals surface area contributed by atoms with Crippen molar-refractivity contribution in [1.29, 1.82) is 0 Å². The topological polar surface area (TPSA) is 57.7 Å². The quantitative estimate of drug-likeness (QED) is 0.477. The van der Waals surface area contributed by atoms with Crippen LogP contribution in [0.15, 0.2) is 77.5 Å². The van der Waals surface area contributed by atoms with Gasteiger partial charge in [0.25, 0.3) is 0 Å². The maximum absolute atomic E-state index is 12.5. The SMILES string of the molecule is O=C(Nc1cccnc1)N1CC2(CCN(Cc3cccc(Oc4cccc(Br)c4)c3)CC2)C1. The highest BCUT2D eigenvalue weighted by Gasteiger charge is 2.46. The number of nitrogens with one attached hydrogen (secondary N) is 1. The Bertz CT molecular complexity index is 1110. The van der Waals surface area contributed by atoms with Crippen LogP contribution in [0.3, 0.4) is 0 Å². The Hall–Kier alpha value is -2.90. The molecule has 2 aliphatic rings.